The molecule has 2 N–H and O–H groups in total. The molecule has 1 aliphatic rings. The highest BCUT2D eigenvalue weighted by molar-refractivity contribution is 7.89. The van der Waals surface area contributed by atoms with Gasteiger partial charge < -0.3 is 4.98 Å². The van der Waals surface area contributed by atoms with Crippen LogP contribution in [0.5, 0.6) is 0 Å². The van der Waals surface area contributed by atoms with E-state index in [1.807, 2.05) is 6.92 Å². The molecule has 0 radical (unpaired) electrons. The van der Waals surface area contributed by atoms with Crippen molar-refractivity contribution in [1.29, 1.82) is 0 Å². The number of rotatable bonds is 5. The minimum absolute atomic E-state index is 0.0286. The van der Waals surface area contributed by atoms with Gasteiger partial charge in [-0.15, -0.1) is 5.10 Å². The number of aryl methyl sites for hydroxylation is 1. The number of nitrogens with zero attached hydrogens (tertiary/aromatic N) is 5. The molecule has 0 saturated heterocycles. The molecule has 1 saturated carbocycles. The van der Waals surface area contributed by atoms with Crippen molar-refractivity contribution in [2.24, 2.45) is 7.05 Å². The van der Waals surface area contributed by atoms with E-state index in [9.17, 15) is 18.0 Å². The fourth-order valence-corrected chi connectivity index (χ4v) is 4.23. The quantitative estimate of drug-likeness (QED) is 0.573. The first-order chi connectivity index (χ1) is 12.7. The smallest absolute Gasteiger partial charge is 0.307 e. The van der Waals surface area contributed by atoms with E-state index in [1.165, 1.54) is 22.9 Å². The summed E-state index contributed by atoms with van der Waals surface area (Å²) in [4.78, 5) is 27.6. The first-order valence-corrected chi connectivity index (χ1v) is 9.69. The van der Waals surface area contributed by atoms with Crippen LogP contribution in [0.3, 0.4) is 0 Å². The molecule has 11 nitrogen and oxygen atoms in total. The number of H-pyrrole nitrogens is 1. The Balaban J connectivity index is 1.82. The minimum atomic E-state index is -3.77. The SMILES string of the molecule is Cn1nnnc1Cn1c(=O)[nH]c2ccc(S(=O)(=O)NC3(C)CC3)cc2c1=O. The van der Waals surface area contributed by atoms with E-state index in [1.54, 1.807) is 7.05 Å². The van der Waals surface area contributed by atoms with Crippen molar-refractivity contribution >= 4 is 20.9 Å². The normalized spacial score (nSPS) is 15.9. The molecule has 4 rings (SSSR count). The Morgan fingerprint density at radius 1 is 1.30 bits per heavy atom. The van der Waals surface area contributed by atoms with Crippen molar-refractivity contribution in [3.8, 4) is 0 Å². The van der Waals surface area contributed by atoms with Crippen LogP contribution in [0.2, 0.25) is 0 Å². The van der Waals surface area contributed by atoms with Gasteiger partial charge in [0.25, 0.3) is 5.56 Å². The lowest BCUT2D eigenvalue weighted by Gasteiger charge is -2.13. The first-order valence-electron chi connectivity index (χ1n) is 8.21. The summed E-state index contributed by atoms with van der Waals surface area (Å²) in [6, 6.07) is 4.05. The Morgan fingerprint density at radius 2 is 2.04 bits per heavy atom. The van der Waals surface area contributed by atoms with Crippen molar-refractivity contribution < 1.29 is 8.42 Å². The first kappa shape index (κ1) is 17.5. The van der Waals surface area contributed by atoms with Crippen molar-refractivity contribution in [3.63, 3.8) is 0 Å². The number of aromatic amines is 1. The standard InChI is InChI=1S/C15H17N7O4S/c1-15(5-6-15)18-27(25,26)9-3-4-11-10(7-9)13(23)22(14(24)16-11)8-12-17-19-20-21(12)2/h3-4,7,18H,5-6,8H2,1-2H3,(H,16,24). The number of hydrogen-bond acceptors (Lipinski definition) is 7. The van der Waals surface area contributed by atoms with E-state index >= 15 is 0 Å². The van der Waals surface area contributed by atoms with Crippen molar-refractivity contribution in [2.45, 2.75) is 36.7 Å². The molecule has 2 aromatic heterocycles. The summed E-state index contributed by atoms with van der Waals surface area (Å²) in [5.41, 5.74) is -1.42. The van der Waals surface area contributed by atoms with E-state index in [4.69, 9.17) is 0 Å². The molecule has 1 aromatic carbocycles. The molecule has 1 aliphatic carbocycles. The Bertz CT molecular complexity index is 1270. The van der Waals surface area contributed by atoms with Crippen LogP contribution in [0, 0.1) is 0 Å². The Kier molecular flexibility index (Phi) is 3.78. The zero-order valence-corrected chi connectivity index (χ0v) is 15.4. The molecule has 2 heterocycles. The molecule has 0 bridgehead atoms. The highest BCUT2D eigenvalue weighted by Crippen LogP contribution is 2.36. The zero-order valence-electron chi connectivity index (χ0n) is 14.6. The molecule has 0 aliphatic heterocycles. The number of nitrogens with one attached hydrogen (secondary N) is 2. The van der Waals surface area contributed by atoms with Crippen molar-refractivity contribution in [2.75, 3.05) is 0 Å². The summed E-state index contributed by atoms with van der Waals surface area (Å²) >= 11 is 0. The molecule has 0 unspecified atom stereocenters. The second-order valence-corrected chi connectivity index (χ2v) is 8.60. The van der Waals surface area contributed by atoms with Gasteiger partial charge in [-0.3, -0.25) is 9.36 Å². The molecule has 0 atom stereocenters. The third-order valence-corrected chi connectivity index (χ3v) is 6.29. The van der Waals surface area contributed by atoms with Crippen LogP contribution in [-0.4, -0.2) is 43.7 Å². The van der Waals surface area contributed by atoms with Gasteiger partial charge >= 0.3 is 5.69 Å². The summed E-state index contributed by atoms with van der Waals surface area (Å²) in [5.74, 6) is 0.314. The maximum Gasteiger partial charge on any atom is 0.329 e. The van der Waals surface area contributed by atoms with Gasteiger partial charge in [0, 0.05) is 12.6 Å². The summed E-state index contributed by atoms with van der Waals surface area (Å²) in [5, 5.41) is 11.0. The van der Waals surface area contributed by atoms with Crippen molar-refractivity contribution in [3.05, 3.63) is 44.9 Å². The minimum Gasteiger partial charge on any atom is -0.307 e. The predicted octanol–water partition coefficient (Wildman–Crippen LogP) is -0.908. The lowest BCUT2D eigenvalue weighted by Crippen LogP contribution is -2.36. The van der Waals surface area contributed by atoms with E-state index in [0.717, 1.165) is 17.4 Å². The van der Waals surface area contributed by atoms with Crippen LogP contribution in [0.25, 0.3) is 10.9 Å². The molecular formula is C15H17N7O4S. The van der Waals surface area contributed by atoms with Gasteiger partial charge in [-0.1, -0.05) is 0 Å². The van der Waals surface area contributed by atoms with E-state index in [2.05, 4.69) is 25.2 Å². The van der Waals surface area contributed by atoms with Gasteiger partial charge in [0.2, 0.25) is 10.0 Å². The Hall–Kier alpha value is -2.86. The fourth-order valence-electron chi connectivity index (χ4n) is 2.74. The number of tetrazole rings is 1. The van der Waals surface area contributed by atoms with Crippen LogP contribution in [0.15, 0.2) is 32.7 Å². The van der Waals surface area contributed by atoms with Gasteiger partial charge in [-0.2, -0.15) is 0 Å². The topological polar surface area (TPSA) is 145 Å². The number of hydrogen-bond donors (Lipinski definition) is 2. The summed E-state index contributed by atoms with van der Waals surface area (Å²) < 4.78 is 30.1. The van der Waals surface area contributed by atoms with Gasteiger partial charge in [0.1, 0.15) is 0 Å². The molecular weight excluding hydrogens is 374 g/mol. The summed E-state index contributed by atoms with van der Waals surface area (Å²) in [6.07, 6.45) is 1.54. The van der Waals surface area contributed by atoms with Gasteiger partial charge in [0.15, 0.2) is 5.82 Å². The van der Waals surface area contributed by atoms with E-state index < -0.39 is 26.8 Å². The maximum atomic E-state index is 12.8. The fraction of sp³-hybridized carbons (Fsp3) is 0.400. The monoisotopic (exact) mass is 391 g/mol. The maximum absolute atomic E-state index is 12.8. The Labute approximate surface area is 153 Å². The number of aromatic nitrogens is 6. The average Bonchev–Trinajstić information content (AvgIpc) is 3.17. The summed E-state index contributed by atoms with van der Waals surface area (Å²) in [6.45, 7) is 1.69. The van der Waals surface area contributed by atoms with Crippen molar-refractivity contribution in [1.82, 2.24) is 34.5 Å². The summed E-state index contributed by atoms with van der Waals surface area (Å²) in [7, 11) is -2.18. The number of sulfonamides is 1. The molecule has 0 spiro atoms. The second kappa shape index (κ2) is 5.82. The van der Waals surface area contributed by atoms with Crippen LogP contribution in [0.4, 0.5) is 0 Å². The molecule has 142 valence electrons. The lowest BCUT2D eigenvalue weighted by atomic mass is 10.2. The van der Waals surface area contributed by atoms with Crippen LogP contribution in [-0.2, 0) is 23.6 Å². The highest BCUT2D eigenvalue weighted by atomic mass is 32.2. The van der Waals surface area contributed by atoms with Crippen LogP contribution < -0.4 is 16.0 Å². The molecule has 1 fully saturated rings. The van der Waals surface area contributed by atoms with Gasteiger partial charge in [-0.05, 0) is 48.4 Å². The largest absolute Gasteiger partial charge is 0.329 e. The van der Waals surface area contributed by atoms with E-state index in [0.29, 0.717) is 5.82 Å². The van der Waals surface area contributed by atoms with Gasteiger partial charge in [0.05, 0.1) is 22.3 Å². The zero-order chi connectivity index (χ0) is 19.4. The molecule has 0 amide bonds. The van der Waals surface area contributed by atoms with Crippen LogP contribution in [0.1, 0.15) is 25.6 Å². The van der Waals surface area contributed by atoms with Crippen LogP contribution >= 0.6 is 0 Å². The third kappa shape index (κ3) is 3.17. The lowest BCUT2D eigenvalue weighted by molar-refractivity contribution is 0.558. The number of benzene rings is 1. The molecule has 3 aromatic rings. The highest BCUT2D eigenvalue weighted by Gasteiger charge is 2.41. The van der Waals surface area contributed by atoms with Gasteiger partial charge in [-0.25, -0.2) is 22.6 Å². The predicted molar refractivity (Wildman–Crippen MR) is 94.7 cm³/mol. The number of fused-ring (bicyclic) bond motifs is 1. The average molecular weight is 391 g/mol. The third-order valence-electron chi connectivity index (χ3n) is 4.65. The Morgan fingerprint density at radius 3 is 2.67 bits per heavy atom. The second-order valence-electron chi connectivity index (χ2n) is 6.91. The van der Waals surface area contributed by atoms with E-state index in [-0.39, 0.29) is 22.3 Å². The molecule has 27 heavy (non-hydrogen) atoms. The molecule has 12 heteroatoms.